The summed E-state index contributed by atoms with van der Waals surface area (Å²) in [6, 6.07) is 15.4. The van der Waals surface area contributed by atoms with Crippen molar-refractivity contribution in [3.05, 3.63) is 82.4 Å². The summed E-state index contributed by atoms with van der Waals surface area (Å²) in [5.74, 6) is 0. The van der Waals surface area contributed by atoms with Crippen molar-refractivity contribution in [3.8, 4) is 5.69 Å². The monoisotopic (exact) mass is 402 g/mol. The Morgan fingerprint density at radius 1 is 1.12 bits per heavy atom. The summed E-state index contributed by atoms with van der Waals surface area (Å²) in [4.78, 5) is 6.58. The van der Waals surface area contributed by atoms with Crippen LogP contribution in [0.5, 0.6) is 0 Å². The third kappa shape index (κ3) is 2.96. The molecule has 0 spiro atoms. The molecule has 4 nitrogen and oxygen atoms in total. The van der Waals surface area contributed by atoms with Crippen LogP contribution in [0.2, 0.25) is 10.0 Å². The molecule has 0 saturated carbocycles. The molecule has 2 unspecified atom stereocenters. The lowest BCUT2D eigenvalue weighted by Crippen LogP contribution is -2.25. The van der Waals surface area contributed by atoms with E-state index >= 15 is 0 Å². The van der Waals surface area contributed by atoms with Gasteiger partial charge >= 0.3 is 0 Å². The number of likely N-dealkylation sites (N-methyl/N-ethyl adjacent to an activating group) is 1. The van der Waals surface area contributed by atoms with Crippen molar-refractivity contribution in [3.63, 3.8) is 0 Å². The Labute approximate surface area is 167 Å². The Morgan fingerprint density at radius 2 is 1.96 bits per heavy atom. The van der Waals surface area contributed by atoms with Gasteiger partial charge in [0.25, 0.3) is 0 Å². The van der Waals surface area contributed by atoms with Gasteiger partial charge in [0.2, 0.25) is 0 Å². The average Bonchev–Trinajstić information content (AvgIpc) is 3.21. The molecule has 3 aromatic rings. The number of thiocarbonyl (C=S) groups is 1. The molecule has 3 heterocycles. The van der Waals surface area contributed by atoms with Gasteiger partial charge in [-0.1, -0.05) is 29.3 Å². The number of pyridine rings is 1. The predicted molar refractivity (Wildman–Crippen MR) is 109 cm³/mol. The van der Waals surface area contributed by atoms with E-state index in [0.29, 0.717) is 15.2 Å². The predicted octanol–water partition coefficient (Wildman–Crippen LogP) is 4.78. The van der Waals surface area contributed by atoms with Crippen LogP contribution < -0.4 is 5.32 Å². The van der Waals surface area contributed by atoms with Crippen LogP contribution in [0.4, 0.5) is 0 Å². The number of rotatable bonds is 3. The van der Waals surface area contributed by atoms with Crippen LogP contribution in [-0.2, 0) is 0 Å². The fraction of sp³-hybridized carbons (Fsp3) is 0.158. The molecule has 1 aliphatic heterocycles. The van der Waals surface area contributed by atoms with Crippen molar-refractivity contribution in [2.75, 3.05) is 7.05 Å². The molecule has 0 amide bonds. The fourth-order valence-corrected chi connectivity index (χ4v) is 4.10. The molecule has 1 N–H and O–H groups in total. The van der Waals surface area contributed by atoms with Gasteiger partial charge in [-0.25, -0.2) is 0 Å². The van der Waals surface area contributed by atoms with Crippen LogP contribution >= 0.6 is 35.4 Å². The van der Waals surface area contributed by atoms with Gasteiger partial charge in [-0.3, -0.25) is 4.98 Å². The van der Waals surface area contributed by atoms with Gasteiger partial charge in [0.15, 0.2) is 5.11 Å². The first kappa shape index (κ1) is 17.3. The molecule has 0 bridgehead atoms. The second kappa shape index (κ2) is 6.91. The highest BCUT2D eigenvalue weighted by Gasteiger charge is 2.39. The van der Waals surface area contributed by atoms with Crippen LogP contribution in [0, 0.1) is 0 Å². The molecule has 4 rings (SSSR count). The van der Waals surface area contributed by atoms with E-state index in [4.69, 9.17) is 35.4 Å². The molecule has 0 aliphatic carbocycles. The maximum Gasteiger partial charge on any atom is 0.169 e. The lowest BCUT2D eigenvalue weighted by molar-refractivity contribution is 0.357. The summed E-state index contributed by atoms with van der Waals surface area (Å²) >= 11 is 18.0. The minimum absolute atomic E-state index is 0.0147. The molecule has 1 aliphatic rings. The fourth-order valence-electron chi connectivity index (χ4n) is 3.36. The molecule has 2 aromatic heterocycles. The van der Waals surface area contributed by atoms with E-state index < -0.39 is 0 Å². The first-order chi connectivity index (χ1) is 12.6. The number of nitrogens with zero attached hydrogens (tertiary/aromatic N) is 3. The summed E-state index contributed by atoms with van der Waals surface area (Å²) in [5.41, 5.74) is 2.89. The zero-order chi connectivity index (χ0) is 18.3. The van der Waals surface area contributed by atoms with E-state index in [1.165, 1.54) is 0 Å². The van der Waals surface area contributed by atoms with Gasteiger partial charge in [-0.2, -0.15) is 0 Å². The van der Waals surface area contributed by atoms with Gasteiger partial charge in [-0.05, 0) is 54.7 Å². The van der Waals surface area contributed by atoms with E-state index in [9.17, 15) is 0 Å². The van der Waals surface area contributed by atoms with E-state index in [2.05, 4.69) is 25.8 Å². The molecule has 1 aromatic carbocycles. The quantitative estimate of drug-likeness (QED) is 0.638. The summed E-state index contributed by atoms with van der Waals surface area (Å²) in [7, 11) is 1.99. The number of hydrogen-bond acceptors (Lipinski definition) is 2. The zero-order valence-electron chi connectivity index (χ0n) is 13.9. The highest BCUT2D eigenvalue weighted by molar-refractivity contribution is 7.80. The van der Waals surface area contributed by atoms with Crippen molar-refractivity contribution in [1.82, 2.24) is 19.8 Å². The number of aromatic nitrogens is 2. The first-order valence-corrected chi connectivity index (χ1v) is 9.29. The van der Waals surface area contributed by atoms with Gasteiger partial charge < -0.3 is 14.8 Å². The SMILES string of the molecule is CN1C(=S)NC(c2ccccn2)C1c1cccn1-c1ccc(Cl)cc1Cl. The molecule has 0 radical (unpaired) electrons. The van der Waals surface area contributed by atoms with Crippen LogP contribution in [0.3, 0.4) is 0 Å². The molecule has 26 heavy (non-hydrogen) atoms. The number of nitrogens with one attached hydrogen (secondary N) is 1. The summed E-state index contributed by atoms with van der Waals surface area (Å²) < 4.78 is 2.07. The second-order valence-electron chi connectivity index (χ2n) is 6.14. The zero-order valence-corrected chi connectivity index (χ0v) is 16.3. The Bertz CT molecular complexity index is 957. The maximum atomic E-state index is 6.45. The van der Waals surface area contributed by atoms with Crippen molar-refractivity contribution in [2.45, 2.75) is 12.1 Å². The van der Waals surface area contributed by atoms with Gasteiger partial charge in [0.05, 0.1) is 28.5 Å². The van der Waals surface area contributed by atoms with Crippen LogP contribution in [0.1, 0.15) is 23.5 Å². The number of halogens is 2. The second-order valence-corrected chi connectivity index (χ2v) is 7.37. The van der Waals surface area contributed by atoms with Crippen LogP contribution in [0.25, 0.3) is 5.69 Å². The standard InChI is InChI=1S/C19H16Cl2N4S/c1-24-18(17(23-19(24)26)14-5-2-3-9-22-14)16-6-4-10-25(16)15-8-7-12(20)11-13(15)21/h2-11,17-18H,1H3,(H,23,26). The highest BCUT2D eigenvalue weighted by Crippen LogP contribution is 2.39. The topological polar surface area (TPSA) is 33.1 Å². The molecular formula is C19H16Cl2N4S. The minimum Gasteiger partial charge on any atom is -0.352 e. The summed E-state index contributed by atoms with van der Waals surface area (Å²) in [6.45, 7) is 0. The molecule has 1 fully saturated rings. The lowest BCUT2D eigenvalue weighted by atomic mass is 10.0. The third-order valence-electron chi connectivity index (χ3n) is 4.59. The summed E-state index contributed by atoms with van der Waals surface area (Å²) in [6.07, 6.45) is 3.79. The molecule has 7 heteroatoms. The Balaban J connectivity index is 1.81. The van der Waals surface area contributed by atoms with Crippen molar-refractivity contribution in [1.29, 1.82) is 0 Å². The van der Waals surface area contributed by atoms with Crippen LogP contribution in [0.15, 0.2) is 60.9 Å². The van der Waals surface area contributed by atoms with E-state index in [1.807, 2.05) is 49.6 Å². The van der Waals surface area contributed by atoms with Crippen molar-refractivity contribution < 1.29 is 0 Å². The van der Waals surface area contributed by atoms with E-state index in [-0.39, 0.29) is 12.1 Å². The van der Waals surface area contributed by atoms with E-state index in [0.717, 1.165) is 17.1 Å². The lowest BCUT2D eigenvalue weighted by Gasteiger charge is -2.26. The highest BCUT2D eigenvalue weighted by atomic mass is 35.5. The Kier molecular flexibility index (Phi) is 4.61. The summed E-state index contributed by atoms with van der Waals surface area (Å²) in [5, 5.41) is 5.29. The molecule has 132 valence electrons. The smallest absolute Gasteiger partial charge is 0.169 e. The average molecular weight is 403 g/mol. The van der Waals surface area contributed by atoms with Crippen molar-refractivity contribution in [2.24, 2.45) is 0 Å². The third-order valence-corrected chi connectivity index (χ3v) is 5.53. The van der Waals surface area contributed by atoms with E-state index in [1.54, 1.807) is 12.3 Å². The maximum absolute atomic E-state index is 6.45. The first-order valence-electron chi connectivity index (χ1n) is 8.13. The molecule has 2 atom stereocenters. The number of hydrogen-bond donors (Lipinski definition) is 1. The van der Waals surface area contributed by atoms with Gasteiger partial charge in [0, 0.05) is 30.2 Å². The van der Waals surface area contributed by atoms with Crippen LogP contribution in [-0.4, -0.2) is 26.6 Å². The largest absolute Gasteiger partial charge is 0.352 e. The Morgan fingerprint density at radius 3 is 2.69 bits per heavy atom. The normalized spacial score (nSPS) is 19.7. The molecule has 1 saturated heterocycles. The Hall–Kier alpha value is -2.08. The number of benzene rings is 1. The van der Waals surface area contributed by atoms with Crippen molar-refractivity contribution >= 4 is 40.5 Å². The molecular weight excluding hydrogens is 387 g/mol. The minimum atomic E-state index is -0.0478. The van der Waals surface area contributed by atoms with Gasteiger partial charge in [-0.15, -0.1) is 0 Å². The van der Waals surface area contributed by atoms with Gasteiger partial charge in [0.1, 0.15) is 0 Å².